The van der Waals surface area contributed by atoms with Crippen molar-refractivity contribution in [2.45, 2.75) is 112 Å². The number of carbonyl (C=O) groups excluding carboxylic acids is 1. The summed E-state index contributed by atoms with van der Waals surface area (Å²) in [7, 11) is 0. The fraction of sp³-hybridized carbons (Fsp3) is 0.955. The van der Waals surface area contributed by atoms with Crippen LogP contribution in [0, 0.1) is 5.92 Å². The molecular formula is C22H46O2SSn. The predicted octanol–water partition coefficient (Wildman–Crippen LogP) is 7.17. The summed E-state index contributed by atoms with van der Waals surface area (Å²) in [6.45, 7) is 12.0. The van der Waals surface area contributed by atoms with Crippen molar-refractivity contribution < 1.29 is 9.53 Å². The summed E-state index contributed by atoms with van der Waals surface area (Å²) in [5.41, 5.74) is 0. The summed E-state index contributed by atoms with van der Waals surface area (Å²) in [5.74, 6) is 0.584. The number of rotatable bonds is 16. The van der Waals surface area contributed by atoms with Gasteiger partial charge in [0.1, 0.15) is 0 Å². The summed E-state index contributed by atoms with van der Waals surface area (Å²) in [6.07, 6.45) is 13.4. The van der Waals surface area contributed by atoms with E-state index in [1.807, 2.05) is 0 Å². The molecule has 0 fully saturated rings. The van der Waals surface area contributed by atoms with Crippen LogP contribution >= 0.6 is 0 Å². The predicted molar refractivity (Wildman–Crippen MR) is 121 cm³/mol. The van der Waals surface area contributed by atoms with E-state index in [1.54, 1.807) is 13.3 Å². The first-order valence-electron chi connectivity index (χ1n) is 11.1. The van der Waals surface area contributed by atoms with Crippen molar-refractivity contribution in [3.8, 4) is 0 Å². The van der Waals surface area contributed by atoms with E-state index in [0.29, 0.717) is 6.61 Å². The van der Waals surface area contributed by atoms with Crippen LogP contribution in [0.15, 0.2) is 0 Å². The molecule has 0 aromatic carbocycles. The van der Waals surface area contributed by atoms with Crippen LogP contribution in [0.1, 0.15) is 98.8 Å². The van der Waals surface area contributed by atoms with E-state index in [9.17, 15) is 4.79 Å². The molecule has 0 rings (SSSR count). The monoisotopic (exact) mass is 494 g/mol. The molecule has 0 saturated heterocycles. The van der Waals surface area contributed by atoms with Crippen molar-refractivity contribution in [3.05, 3.63) is 0 Å². The fourth-order valence-electron chi connectivity index (χ4n) is 2.71. The van der Waals surface area contributed by atoms with E-state index in [4.69, 9.17) is 4.74 Å². The van der Waals surface area contributed by atoms with Gasteiger partial charge in [0, 0.05) is 0 Å². The topological polar surface area (TPSA) is 26.3 Å². The van der Waals surface area contributed by atoms with Gasteiger partial charge in [-0.25, -0.2) is 0 Å². The molecule has 0 aromatic heterocycles. The van der Waals surface area contributed by atoms with Gasteiger partial charge in [0.25, 0.3) is 5.97 Å². The molecule has 0 aliphatic carbocycles. The Balaban J connectivity index is 0. The third-order valence-electron chi connectivity index (χ3n) is 4.46. The number of hydrogen-bond donors (Lipinski definition) is 0. The van der Waals surface area contributed by atoms with Crippen molar-refractivity contribution in [3.63, 3.8) is 0 Å². The molecule has 26 heavy (non-hydrogen) atoms. The maximum atomic E-state index is 10.6. The first kappa shape index (κ1) is 28.8. The van der Waals surface area contributed by atoms with Crippen LogP contribution in [0.25, 0.3) is 0 Å². The molecule has 0 radical (unpaired) electrons. The Kier molecular flexibility index (Phi) is 26.2. The van der Waals surface area contributed by atoms with Crippen molar-refractivity contribution in [1.82, 2.24) is 0 Å². The zero-order valence-electron chi connectivity index (χ0n) is 18.4. The van der Waals surface area contributed by atoms with Crippen molar-refractivity contribution in [2.75, 3.05) is 12.4 Å². The van der Waals surface area contributed by atoms with Gasteiger partial charge < -0.3 is 17.4 Å². The van der Waals surface area contributed by atoms with Crippen LogP contribution in [-0.2, 0) is 22.2 Å². The Hall–Kier alpha value is 0.619. The standard InChI is InChI=1S/C10H20O2S.3C4H9.Sn/c1-9(2)6-4-3-5-7-12-10(11)8-13;3*1-3-4-2;/h9,13H,3-8H2,1-2H3;3*1,3-4H2,2H3;/q;;;;+1/p-1. The molecule has 0 atom stereocenters. The zero-order chi connectivity index (χ0) is 20.0. The molecule has 0 aliphatic rings. The minimum atomic E-state index is -0.839. The Morgan fingerprint density at radius 3 is 1.73 bits per heavy atom. The second-order valence-corrected chi connectivity index (χ2v) is 16.5. The molecule has 0 amide bonds. The second kappa shape index (κ2) is 23.7. The van der Waals surface area contributed by atoms with Gasteiger partial charge >= 0.3 is 92.4 Å². The molecule has 0 aromatic rings. The Bertz CT molecular complexity index is 266. The maximum absolute atomic E-state index is 10.6. The van der Waals surface area contributed by atoms with Crippen LogP contribution in [0.2, 0.25) is 13.3 Å². The molecule has 0 saturated carbocycles. The van der Waals surface area contributed by atoms with Crippen molar-refractivity contribution in [2.24, 2.45) is 5.92 Å². The van der Waals surface area contributed by atoms with Gasteiger partial charge in [-0.2, -0.15) is 0 Å². The zero-order valence-corrected chi connectivity index (χ0v) is 22.1. The third-order valence-corrected chi connectivity index (χ3v) is 13.8. The fourth-order valence-corrected chi connectivity index (χ4v) is 12.2. The van der Waals surface area contributed by atoms with E-state index < -0.39 is 19.8 Å². The summed E-state index contributed by atoms with van der Waals surface area (Å²) in [4.78, 5) is 10.6. The first-order chi connectivity index (χ1) is 12.5. The average molecular weight is 493 g/mol. The second-order valence-electron chi connectivity index (χ2n) is 7.67. The molecule has 0 spiro atoms. The number of hydrogen-bond acceptors (Lipinski definition) is 3. The van der Waals surface area contributed by atoms with Crippen LogP contribution in [0.3, 0.4) is 0 Å². The Labute approximate surface area is 177 Å². The molecule has 4 heteroatoms. The first-order valence-corrected chi connectivity index (χ1v) is 17.7. The van der Waals surface area contributed by atoms with Gasteiger partial charge in [-0.05, 0) is 12.3 Å². The van der Waals surface area contributed by atoms with E-state index in [-0.39, 0.29) is 11.7 Å². The van der Waals surface area contributed by atoms with E-state index in [1.165, 1.54) is 51.4 Å². The van der Waals surface area contributed by atoms with E-state index >= 15 is 0 Å². The van der Waals surface area contributed by atoms with Gasteiger partial charge in [0.15, 0.2) is 0 Å². The molecule has 0 unspecified atom stereocenters. The number of carbonyl (C=O) groups is 1. The summed E-state index contributed by atoms with van der Waals surface area (Å²) < 4.78 is 9.89. The minimum absolute atomic E-state index is 0.0754. The number of esters is 1. The molecule has 156 valence electrons. The van der Waals surface area contributed by atoms with Crippen molar-refractivity contribution >= 4 is 38.4 Å². The van der Waals surface area contributed by atoms with Crippen molar-refractivity contribution in [1.29, 1.82) is 0 Å². The van der Waals surface area contributed by atoms with Gasteiger partial charge in [-0.1, -0.05) is 38.9 Å². The molecule has 2 nitrogen and oxygen atoms in total. The summed E-state index contributed by atoms with van der Waals surface area (Å²) >= 11 is 3.70. The molecule has 0 N–H and O–H groups in total. The van der Waals surface area contributed by atoms with Gasteiger partial charge in [-0.3, -0.25) is 4.79 Å². The van der Waals surface area contributed by atoms with Crippen LogP contribution < -0.4 is 0 Å². The quantitative estimate of drug-likeness (QED) is 0.0987. The van der Waals surface area contributed by atoms with Gasteiger partial charge in [0.2, 0.25) is 0 Å². The molecule has 0 bridgehead atoms. The average Bonchev–Trinajstić information content (AvgIpc) is 2.64. The van der Waals surface area contributed by atoms with Crippen LogP contribution in [-0.4, -0.2) is 38.1 Å². The number of ether oxygens (including phenoxy) is 1. The third kappa shape index (κ3) is 24.6. The summed E-state index contributed by atoms with van der Waals surface area (Å²) in [6, 6.07) is 0. The van der Waals surface area contributed by atoms with E-state index in [0.717, 1.165) is 18.8 Å². The van der Waals surface area contributed by atoms with E-state index in [2.05, 4.69) is 47.2 Å². The summed E-state index contributed by atoms with van der Waals surface area (Å²) in [5, 5.41) is 0. The normalized spacial score (nSPS) is 10.4. The Morgan fingerprint density at radius 2 is 1.35 bits per heavy atom. The van der Waals surface area contributed by atoms with Gasteiger partial charge in [-0.15, -0.1) is 0 Å². The molecule has 0 aliphatic heterocycles. The Morgan fingerprint density at radius 1 is 0.846 bits per heavy atom. The molecule has 0 heterocycles. The SMILES string of the molecule is CC(C)CCCCCOC(=O)C[S-].CCC[CH2][Sn+]([CH2]CCC)[CH2]CCC. The number of unbranched alkanes of at least 4 members (excludes halogenated alkanes) is 5. The molecular weight excluding hydrogens is 447 g/mol. The van der Waals surface area contributed by atoms with Crippen LogP contribution in [0.5, 0.6) is 0 Å². The van der Waals surface area contributed by atoms with Crippen LogP contribution in [0.4, 0.5) is 0 Å². The van der Waals surface area contributed by atoms with Gasteiger partial charge in [0.05, 0.1) is 6.61 Å².